The van der Waals surface area contributed by atoms with Crippen molar-refractivity contribution in [3.63, 3.8) is 0 Å². The summed E-state index contributed by atoms with van der Waals surface area (Å²) < 4.78 is 0. The Labute approximate surface area is 111 Å². The molecule has 18 heavy (non-hydrogen) atoms. The molecule has 2 nitrogen and oxygen atoms in total. The predicted octanol–water partition coefficient (Wildman–Crippen LogP) is 3.00. The lowest BCUT2D eigenvalue weighted by molar-refractivity contribution is 0.331. The molecule has 0 aliphatic carbocycles. The van der Waals surface area contributed by atoms with E-state index in [0.717, 1.165) is 19.6 Å². The zero-order valence-corrected chi connectivity index (χ0v) is 11.8. The van der Waals surface area contributed by atoms with Crippen LogP contribution in [0.4, 0.5) is 0 Å². The summed E-state index contributed by atoms with van der Waals surface area (Å²) in [7, 11) is 0. The first-order chi connectivity index (χ1) is 8.79. The highest BCUT2D eigenvalue weighted by atomic mass is 15.1. The van der Waals surface area contributed by atoms with Gasteiger partial charge in [-0.1, -0.05) is 38.1 Å². The topological polar surface area (TPSA) is 15.3 Å². The van der Waals surface area contributed by atoms with Crippen LogP contribution in [0.2, 0.25) is 0 Å². The fraction of sp³-hybridized carbons (Fsp3) is 0.625. The van der Waals surface area contributed by atoms with Gasteiger partial charge in [-0.15, -0.1) is 0 Å². The first kappa shape index (κ1) is 13.6. The molecule has 2 heteroatoms. The van der Waals surface area contributed by atoms with Crippen LogP contribution in [0.3, 0.4) is 0 Å². The number of nitrogens with zero attached hydrogens (tertiary/aromatic N) is 1. The largest absolute Gasteiger partial charge is 0.316 e. The average molecular weight is 246 g/mol. The molecule has 1 heterocycles. The Hall–Kier alpha value is -0.860. The fourth-order valence-electron chi connectivity index (χ4n) is 2.63. The van der Waals surface area contributed by atoms with E-state index in [4.69, 9.17) is 0 Å². The number of hydrogen-bond donors (Lipinski definition) is 1. The van der Waals surface area contributed by atoms with Gasteiger partial charge in [0.2, 0.25) is 0 Å². The van der Waals surface area contributed by atoms with Crippen LogP contribution in [0.5, 0.6) is 0 Å². The van der Waals surface area contributed by atoms with E-state index in [9.17, 15) is 0 Å². The van der Waals surface area contributed by atoms with Crippen molar-refractivity contribution in [2.45, 2.75) is 39.2 Å². The number of likely N-dealkylation sites (N-methyl/N-ethyl adjacent to an activating group) is 1. The first-order valence-corrected chi connectivity index (χ1v) is 7.31. The van der Waals surface area contributed by atoms with E-state index in [-0.39, 0.29) is 0 Å². The second kappa shape index (κ2) is 6.91. The summed E-state index contributed by atoms with van der Waals surface area (Å²) in [6, 6.07) is 9.20. The second-order valence-corrected chi connectivity index (χ2v) is 5.43. The second-order valence-electron chi connectivity index (χ2n) is 5.43. The molecule has 1 atom stereocenters. The zero-order valence-electron chi connectivity index (χ0n) is 11.8. The Bertz CT molecular complexity index is 339. The van der Waals surface area contributed by atoms with Gasteiger partial charge in [0, 0.05) is 13.1 Å². The lowest BCUT2D eigenvalue weighted by Gasteiger charge is -2.16. The number of likely N-dealkylation sites (tertiary alicyclic amines) is 1. The zero-order chi connectivity index (χ0) is 12.8. The summed E-state index contributed by atoms with van der Waals surface area (Å²) in [6.45, 7) is 10.3. The molecule has 1 fully saturated rings. The third-order valence-electron chi connectivity index (χ3n) is 3.85. The van der Waals surface area contributed by atoms with Gasteiger partial charge in [0.15, 0.2) is 0 Å². The third-order valence-corrected chi connectivity index (χ3v) is 3.85. The van der Waals surface area contributed by atoms with E-state index in [1.54, 1.807) is 0 Å². The molecule has 0 amide bonds. The van der Waals surface area contributed by atoms with Gasteiger partial charge in [-0.2, -0.15) is 0 Å². The maximum Gasteiger partial charge on any atom is 0.0233 e. The molecule has 1 N–H and O–H groups in total. The maximum atomic E-state index is 3.41. The van der Waals surface area contributed by atoms with Crippen molar-refractivity contribution in [2.24, 2.45) is 0 Å². The molecule has 1 aliphatic rings. The van der Waals surface area contributed by atoms with Crippen LogP contribution >= 0.6 is 0 Å². The molecular formula is C16H26N2. The normalized spacial score (nSPS) is 18.1. The Morgan fingerprint density at radius 1 is 1.17 bits per heavy atom. The van der Waals surface area contributed by atoms with Crippen LogP contribution in [-0.2, 0) is 6.54 Å². The minimum atomic E-state index is 0.603. The molecular weight excluding hydrogens is 220 g/mol. The smallest absolute Gasteiger partial charge is 0.0233 e. The lowest BCUT2D eigenvalue weighted by atomic mass is 9.99. The Morgan fingerprint density at radius 3 is 2.44 bits per heavy atom. The van der Waals surface area contributed by atoms with Gasteiger partial charge >= 0.3 is 0 Å². The van der Waals surface area contributed by atoms with Gasteiger partial charge < -0.3 is 5.32 Å². The van der Waals surface area contributed by atoms with Crippen molar-refractivity contribution in [1.82, 2.24) is 10.2 Å². The van der Waals surface area contributed by atoms with Crippen LogP contribution in [0.1, 0.15) is 43.7 Å². The quantitative estimate of drug-likeness (QED) is 0.830. The van der Waals surface area contributed by atoms with Gasteiger partial charge in [-0.3, -0.25) is 4.90 Å². The van der Waals surface area contributed by atoms with Gasteiger partial charge in [-0.25, -0.2) is 0 Å². The SMILES string of the molecule is CCNCC(C)c1ccc(CN2CCCC2)cc1. The van der Waals surface area contributed by atoms with Crippen molar-refractivity contribution < 1.29 is 0 Å². The predicted molar refractivity (Wildman–Crippen MR) is 77.9 cm³/mol. The average Bonchev–Trinajstić information content (AvgIpc) is 2.89. The molecule has 2 rings (SSSR count). The number of nitrogens with one attached hydrogen (secondary N) is 1. The molecule has 1 saturated heterocycles. The number of hydrogen-bond acceptors (Lipinski definition) is 2. The van der Waals surface area contributed by atoms with Gasteiger partial charge in [-0.05, 0) is 49.5 Å². The van der Waals surface area contributed by atoms with E-state index in [2.05, 4.69) is 48.3 Å². The minimum Gasteiger partial charge on any atom is -0.316 e. The van der Waals surface area contributed by atoms with Crippen molar-refractivity contribution in [3.8, 4) is 0 Å². The summed E-state index contributed by atoms with van der Waals surface area (Å²) in [4.78, 5) is 2.55. The molecule has 1 aliphatic heterocycles. The van der Waals surface area contributed by atoms with E-state index in [1.807, 2.05) is 0 Å². The van der Waals surface area contributed by atoms with Crippen molar-refractivity contribution in [3.05, 3.63) is 35.4 Å². The monoisotopic (exact) mass is 246 g/mol. The highest BCUT2D eigenvalue weighted by Gasteiger charge is 2.11. The number of benzene rings is 1. The van der Waals surface area contributed by atoms with Crippen LogP contribution in [-0.4, -0.2) is 31.1 Å². The van der Waals surface area contributed by atoms with E-state index in [1.165, 1.54) is 37.1 Å². The highest BCUT2D eigenvalue weighted by molar-refractivity contribution is 5.25. The van der Waals surface area contributed by atoms with Gasteiger partial charge in [0.1, 0.15) is 0 Å². The summed E-state index contributed by atoms with van der Waals surface area (Å²) in [5.74, 6) is 0.603. The van der Waals surface area contributed by atoms with Crippen LogP contribution in [0, 0.1) is 0 Å². The summed E-state index contributed by atoms with van der Waals surface area (Å²) >= 11 is 0. The Balaban J connectivity index is 1.88. The summed E-state index contributed by atoms with van der Waals surface area (Å²) in [6.07, 6.45) is 2.75. The van der Waals surface area contributed by atoms with E-state index in [0.29, 0.717) is 5.92 Å². The fourth-order valence-corrected chi connectivity index (χ4v) is 2.63. The molecule has 1 unspecified atom stereocenters. The summed E-state index contributed by atoms with van der Waals surface area (Å²) in [5.41, 5.74) is 2.90. The molecule has 100 valence electrons. The first-order valence-electron chi connectivity index (χ1n) is 7.31. The molecule has 1 aromatic carbocycles. The third kappa shape index (κ3) is 3.82. The molecule has 0 radical (unpaired) electrons. The number of rotatable bonds is 6. The molecule has 0 spiro atoms. The standard InChI is InChI=1S/C16H26N2/c1-3-17-12-14(2)16-8-6-15(7-9-16)13-18-10-4-5-11-18/h6-9,14,17H,3-5,10-13H2,1-2H3. The van der Waals surface area contributed by atoms with Crippen molar-refractivity contribution in [1.29, 1.82) is 0 Å². The molecule has 0 saturated carbocycles. The summed E-state index contributed by atoms with van der Waals surface area (Å²) in [5, 5.41) is 3.41. The van der Waals surface area contributed by atoms with Crippen LogP contribution in [0.15, 0.2) is 24.3 Å². The molecule has 1 aromatic rings. The Morgan fingerprint density at radius 2 is 1.83 bits per heavy atom. The van der Waals surface area contributed by atoms with Crippen LogP contribution in [0.25, 0.3) is 0 Å². The Kier molecular flexibility index (Phi) is 5.21. The molecule has 0 aromatic heterocycles. The minimum absolute atomic E-state index is 0.603. The van der Waals surface area contributed by atoms with E-state index < -0.39 is 0 Å². The van der Waals surface area contributed by atoms with Gasteiger partial charge in [0.05, 0.1) is 0 Å². The van der Waals surface area contributed by atoms with Gasteiger partial charge in [0.25, 0.3) is 0 Å². The van der Waals surface area contributed by atoms with Crippen molar-refractivity contribution >= 4 is 0 Å². The highest BCUT2D eigenvalue weighted by Crippen LogP contribution is 2.17. The maximum absolute atomic E-state index is 3.41. The van der Waals surface area contributed by atoms with Crippen molar-refractivity contribution in [2.75, 3.05) is 26.2 Å². The lowest BCUT2D eigenvalue weighted by Crippen LogP contribution is -2.20. The van der Waals surface area contributed by atoms with Crippen LogP contribution < -0.4 is 5.32 Å². The molecule has 0 bridgehead atoms. The van der Waals surface area contributed by atoms with E-state index >= 15 is 0 Å².